The lowest BCUT2D eigenvalue weighted by molar-refractivity contribution is 0.0997. The standard InChI is InChI=1S/C23H23Cl2N3O2/c1-2-27-12-14-28(15-13-27)17-8-6-16(7-9-17)26-23(29)21-11-10-20(30-21)18-4-3-5-19(24)22(18)25/h3-11H,2,12-15H2,1H3,(H,26,29). The maximum absolute atomic E-state index is 12.6. The van der Waals surface area contributed by atoms with Crippen molar-refractivity contribution >= 4 is 40.5 Å². The minimum Gasteiger partial charge on any atom is -0.451 e. The molecule has 1 aromatic heterocycles. The maximum Gasteiger partial charge on any atom is 0.291 e. The zero-order chi connectivity index (χ0) is 21.1. The molecule has 2 heterocycles. The summed E-state index contributed by atoms with van der Waals surface area (Å²) in [6.07, 6.45) is 0. The van der Waals surface area contributed by atoms with Crippen LogP contribution < -0.4 is 10.2 Å². The van der Waals surface area contributed by atoms with Crippen LogP contribution in [0.2, 0.25) is 10.0 Å². The number of hydrogen-bond donors (Lipinski definition) is 1. The summed E-state index contributed by atoms with van der Waals surface area (Å²) in [5, 5.41) is 3.71. The molecule has 0 spiro atoms. The third-order valence-corrected chi connectivity index (χ3v) is 6.18. The summed E-state index contributed by atoms with van der Waals surface area (Å²) in [7, 11) is 0. The van der Waals surface area contributed by atoms with Crippen molar-refractivity contribution < 1.29 is 9.21 Å². The van der Waals surface area contributed by atoms with E-state index in [1.54, 1.807) is 30.3 Å². The highest BCUT2D eigenvalue weighted by Gasteiger charge is 2.17. The molecule has 0 atom stereocenters. The van der Waals surface area contributed by atoms with E-state index in [2.05, 4.69) is 22.0 Å². The third-order valence-electron chi connectivity index (χ3n) is 5.36. The lowest BCUT2D eigenvalue weighted by atomic mass is 10.2. The molecule has 0 bridgehead atoms. The lowest BCUT2D eigenvalue weighted by Gasteiger charge is -2.35. The molecule has 4 rings (SSSR count). The number of hydrogen-bond acceptors (Lipinski definition) is 4. The minimum absolute atomic E-state index is 0.209. The normalized spacial score (nSPS) is 14.7. The van der Waals surface area contributed by atoms with Crippen molar-refractivity contribution in [2.75, 3.05) is 42.9 Å². The summed E-state index contributed by atoms with van der Waals surface area (Å²) in [5.74, 6) is 0.388. The van der Waals surface area contributed by atoms with Crippen molar-refractivity contribution in [3.63, 3.8) is 0 Å². The number of anilines is 2. The van der Waals surface area contributed by atoms with Crippen molar-refractivity contribution in [3.8, 4) is 11.3 Å². The molecule has 1 amide bonds. The van der Waals surface area contributed by atoms with Gasteiger partial charge < -0.3 is 19.5 Å². The van der Waals surface area contributed by atoms with Crippen molar-refractivity contribution in [2.45, 2.75) is 6.92 Å². The predicted octanol–water partition coefficient (Wildman–Crippen LogP) is 5.65. The average Bonchev–Trinajstić information content (AvgIpc) is 3.26. The van der Waals surface area contributed by atoms with Crippen LogP contribution in [0.15, 0.2) is 59.0 Å². The molecule has 1 aliphatic heterocycles. The molecule has 156 valence electrons. The predicted molar refractivity (Wildman–Crippen MR) is 123 cm³/mol. The first-order chi connectivity index (χ1) is 14.5. The van der Waals surface area contributed by atoms with Crippen LogP contribution in [0.5, 0.6) is 0 Å². The van der Waals surface area contributed by atoms with Gasteiger partial charge in [0.2, 0.25) is 0 Å². The van der Waals surface area contributed by atoms with Crippen LogP contribution in [-0.4, -0.2) is 43.5 Å². The number of amides is 1. The number of carbonyl (C=O) groups excluding carboxylic acids is 1. The van der Waals surface area contributed by atoms with Gasteiger partial charge in [-0.2, -0.15) is 0 Å². The lowest BCUT2D eigenvalue weighted by Crippen LogP contribution is -2.46. The first kappa shape index (κ1) is 20.8. The number of likely N-dealkylation sites (N-methyl/N-ethyl adjacent to an activating group) is 1. The summed E-state index contributed by atoms with van der Waals surface area (Å²) in [6.45, 7) is 7.47. The molecule has 2 aromatic carbocycles. The van der Waals surface area contributed by atoms with Crippen molar-refractivity contribution in [1.82, 2.24) is 4.90 Å². The summed E-state index contributed by atoms with van der Waals surface area (Å²) in [4.78, 5) is 17.4. The van der Waals surface area contributed by atoms with E-state index in [-0.39, 0.29) is 11.7 Å². The Morgan fingerprint density at radius 2 is 1.73 bits per heavy atom. The largest absolute Gasteiger partial charge is 0.451 e. The third kappa shape index (κ3) is 4.48. The molecule has 1 saturated heterocycles. The van der Waals surface area contributed by atoms with Gasteiger partial charge in [-0.1, -0.05) is 36.2 Å². The van der Waals surface area contributed by atoms with Gasteiger partial charge in [-0.25, -0.2) is 0 Å². The Morgan fingerprint density at radius 1 is 1.00 bits per heavy atom. The molecule has 0 radical (unpaired) electrons. The summed E-state index contributed by atoms with van der Waals surface area (Å²) in [5.41, 5.74) is 2.53. The van der Waals surface area contributed by atoms with Gasteiger partial charge in [-0.3, -0.25) is 4.79 Å². The molecule has 0 aliphatic carbocycles. The van der Waals surface area contributed by atoms with E-state index in [0.717, 1.165) is 38.4 Å². The molecule has 1 fully saturated rings. The van der Waals surface area contributed by atoms with Crippen LogP contribution in [0.25, 0.3) is 11.3 Å². The topological polar surface area (TPSA) is 48.7 Å². The van der Waals surface area contributed by atoms with E-state index in [1.807, 2.05) is 24.3 Å². The number of rotatable bonds is 5. The number of benzene rings is 2. The number of nitrogens with zero attached hydrogens (tertiary/aromatic N) is 2. The van der Waals surface area contributed by atoms with E-state index >= 15 is 0 Å². The zero-order valence-electron chi connectivity index (χ0n) is 16.7. The van der Waals surface area contributed by atoms with Crippen molar-refractivity contribution in [1.29, 1.82) is 0 Å². The summed E-state index contributed by atoms with van der Waals surface area (Å²) < 4.78 is 5.71. The van der Waals surface area contributed by atoms with E-state index in [1.165, 1.54) is 5.69 Å². The second kappa shape index (κ2) is 9.13. The zero-order valence-corrected chi connectivity index (χ0v) is 18.2. The fraction of sp³-hybridized carbons (Fsp3) is 0.261. The Bertz CT molecular complexity index is 1030. The average molecular weight is 444 g/mol. The van der Waals surface area contributed by atoms with Gasteiger partial charge in [0.1, 0.15) is 5.76 Å². The van der Waals surface area contributed by atoms with Gasteiger partial charge >= 0.3 is 0 Å². The molecule has 3 aromatic rings. The molecule has 0 unspecified atom stereocenters. The van der Waals surface area contributed by atoms with Crippen LogP contribution in [0.3, 0.4) is 0 Å². The smallest absolute Gasteiger partial charge is 0.291 e. The second-order valence-corrected chi connectivity index (χ2v) is 7.97. The van der Waals surface area contributed by atoms with Gasteiger partial charge in [0.05, 0.1) is 10.0 Å². The molecular weight excluding hydrogens is 421 g/mol. The van der Waals surface area contributed by atoms with E-state index in [4.69, 9.17) is 27.6 Å². The maximum atomic E-state index is 12.6. The number of halogens is 2. The molecule has 0 saturated carbocycles. The number of carbonyl (C=O) groups is 1. The van der Waals surface area contributed by atoms with Gasteiger partial charge in [0.15, 0.2) is 5.76 Å². The van der Waals surface area contributed by atoms with E-state index in [0.29, 0.717) is 21.4 Å². The quantitative estimate of drug-likeness (QED) is 0.553. The van der Waals surface area contributed by atoms with Gasteiger partial charge in [-0.15, -0.1) is 0 Å². The molecule has 30 heavy (non-hydrogen) atoms. The molecular formula is C23H23Cl2N3O2. The Morgan fingerprint density at radius 3 is 2.43 bits per heavy atom. The first-order valence-electron chi connectivity index (χ1n) is 9.98. The highest BCUT2D eigenvalue weighted by Crippen LogP contribution is 2.34. The van der Waals surface area contributed by atoms with E-state index < -0.39 is 0 Å². The van der Waals surface area contributed by atoms with Crippen LogP contribution in [-0.2, 0) is 0 Å². The highest BCUT2D eigenvalue weighted by atomic mass is 35.5. The van der Waals surface area contributed by atoms with Crippen molar-refractivity contribution in [2.24, 2.45) is 0 Å². The summed E-state index contributed by atoms with van der Waals surface area (Å²) >= 11 is 12.3. The Kier molecular flexibility index (Phi) is 6.32. The number of piperazine rings is 1. The molecule has 1 N–H and O–H groups in total. The van der Waals surface area contributed by atoms with Crippen LogP contribution in [0, 0.1) is 0 Å². The van der Waals surface area contributed by atoms with Crippen LogP contribution in [0.1, 0.15) is 17.5 Å². The van der Waals surface area contributed by atoms with Gasteiger partial charge in [0, 0.05) is 43.1 Å². The fourth-order valence-electron chi connectivity index (χ4n) is 3.57. The minimum atomic E-state index is -0.316. The summed E-state index contributed by atoms with van der Waals surface area (Å²) in [6, 6.07) is 16.5. The monoisotopic (exact) mass is 443 g/mol. The first-order valence-corrected chi connectivity index (χ1v) is 10.7. The van der Waals surface area contributed by atoms with Crippen LogP contribution in [0.4, 0.5) is 11.4 Å². The molecule has 5 nitrogen and oxygen atoms in total. The Labute approximate surface area is 186 Å². The van der Waals surface area contributed by atoms with Crippen LogP contribution >= 0.6 is 23.2 Å². The fourth-order valence-corrected chi connectivity index (χ4v) is 3.96. The SMILES string of the molecule is CCN1CCN(c2ccc(NC(=O)c3ccc(-c4cccc(Cl)c4Cl)o3)cc2)CC1. The van der Waals surface area contributed by atoms with Gasteiger partial charge in [0.25, 0.3) is 5.91 Å². The van der Waals surface area contributed by atoms with Crippen molar-refractivity contribution in [3.05, 3.63) is 70.4 Å². The van der Waals surface area contributed by atoms with E-state index in [9.17, 15) is 4.79 Å². The Hall–Kier alpha value is -2.47. The van der Waals surface area contributed by atoms with Gasteiger partial charge in [-0.05, 0) is 55.1 Å². The number of nitrogens with one attached hydrogen (secondary N) is 1. The highest BCUT2D eigenvalue weighted by molar-refractivity contribution is 6.43. The second-order valence-electron chi connectivity index (χ2n) is 7.19. The Balaban J connectivity index is 1.41. The molecule has 1 aliphatic rings. The molecule has 7 heteroatoms. The number of furan rings is 1.